The highest BCUT2D eigenvalue weighted by Crippen LogP contribution is 2.38. The number of aromatic amines is 1. The number of thiophene rings is 1. The Morgan fingerprint density at radius 2 is 2.24 bits per heavy atom. The van der Waals surface area contributed by atoms with Crippen molar-refractivity contribution in [1.82, 2.24) is 4.98 Å². The Morgan fingerprint density at radius 1 is 1.36 bits per heavy atom. The maximum atomic E-state index is 5.90. The van der Waals surface area contributed by atoms with Crippen molar-refractivity contribution in [2.24, 2.45) is 10.7 Å². The lowest BCUT2D eigenvalue weighted by atomic mass is 10.2. The van der Waals surface area contributed by atoms with Crippen LogP contribution < -0.4 is 10.0 Å². The second kappa shape index (κ2) is 6.72. The van der Waals surface area contributed by atoms with E-state index in [9.17, 15) is 0 Å². The summed E-state index contributed by atoms with van der Waals surface area (Å²) in [6.45, 7) is 3.59. The fourth-order valence-electron chi connectivity index (χ4n) is 2.80. The molecular weight excluding hydrogens is 368 g/mol. The molecule has 0 spiro atoms. The molecule has 1 unspecified atom stereocenters. The zero-order valence-electron chi connectivity index (χ0n) is 14.2. The van der Waals surface area contributed by atoms with Gasteiger partial charge in [0.1, 0.15) is 5.04 Å². The molecule has 0 fully saturated rings. The van der Waals surface area contributed by atoms with Gasteiger partial charge in [-0.1, -0.05) is 30.0 Å². The van der Waals surface area contributed by atoms with E-state index in [0.29, 0.717) is 6.54 Å². The second-order valence-electron chi connectivity index (χ2n) is 6.32. The monoisotopic (exact) mass is 388 g/mol. The first-order chi connectivity index (χ1) is 12.1. The Hall–Kier alpha value is -1.41. The molecule has 0 bridgehead atoms. The van der Waals surface area contributed by atoms with Gasteiger partial charge in [0.25, 0.3) is 0 Å². The first-order valence-corrected chi connectivity index (χ1v) is 10.6. The molecule has 0 amide bonds. The van der Waals surface area contributed by atoms with Gasteiger partial charge in [-0.05, 0) is 42.5 Å². The van der Waals surface area contributed by atoms with Crippen LogP contribution in [0.4, 0.5) is 5.69 Å². The predicted molar refractivity (Wildman–Crippen MR) is 113 cm³/mol. The number of fused-ring (bicyclic) bond motifs is 1. The fourth-order valence-corrected chi connectivity index (χ4v) is 5.61. The highest BCUT2D eigenvalue weighted by atomic mass is 32.2. The highest BCUT2D eigenvalue weighted by Gasteiger charge is 2.32. The molecule has 4 rings (SSSR count). The van der Waals surface area contributed by atoms with E-state index in [-0.39, 0.29) is 4.75 Å². The van der Waals surface area contributed by atoms with Gasteiger partial charge in [0.15, 0.2) is 0 Å². The van der Waals surface area contributed by atoms with Crippen molar-refractivity contribution in [1.29, 1.82) is 0 Å². The van der Waals surface area contributed by atoms with Crippen LogP contribution in [0, 0.1) is 0 Å². The molecule has 25 heavy (non-hydrogen) atoms. The van der Waals surface area contributed by atoms with Crippen LogP contribution in [0.1, 0.15) is 12.6 Å². The third-order valence-electron chi connectivity index (χ3n) is 4.26. The van der Waals surface area contributed by atoms with Crippen LogP contribution in [0.25, 0.3) is 10.9 Å². The first-order valence-electron chi connectivity index (χ1n) is 8.09. The van der Waals surface area contributed by atoms with Gasteiger partial charge in [0.2, 0.25) is 0 Å². The van der Waals surface area contributed by atoms with Gasteiger partial charge in [0, 0.05) is 19.0 Å². The molecule has 1 aliphatic heterocycles. The SMILES string of the molecule is CN(Sc1cccs1)c1cccc2cc(C3=NCC(C)(CN)S3)[nH]c12. The van der Waals surface area contributed by atoms with Crippen LogP contribution in [0.3, 0.4) is 0 Å². The third-order valence-corrected chi connectivity index (χ3v) is 7.55. The van der Waals surface area contributed by atoms with Crippen molar-refractivity contribution in [3.63, 3.8) is 0 Å². The number of hydrogen-bond donors (Lipinski definition) is 2. The van der Waals surface area contributed by atoms with Crippen molar-refractivity contribution in [3.05, 3.63) is 47.5 Å². The van der Waals surface area contributed by atoms with Crippen molar-refractivity contribution in [2.75, 3.05) is 24.4 Å². The molecule has 0 saturated heterocycles. The number of aromatic nitrogens is 1. The molecule has 3 aromatic rings. The van der Waals surface area contributed by atoms with Crippen LogP contribution in [0.15, 0.2) is 51.0 Å². The second-order valence-corrected chi connectivity index (χ2v) is 10.3. The Balaban J connectivity index is 1.65. The van der Waals surface area contributed by atoms with Gasteiger partial charge < -0.3 is 15.0 Å². The Bertz CT molecular complexity index is 916. The summed E-state index contributed by atoms with van der Waals surface area (Å²) in [6, 6.07) is 12.8. The Labute approximate surface area is 160 Å². The summed E-state index contributed by atoms with van der Waals surface area (Å²) in [5.74, 6) is 0. The lowest BCUT2D eigenvalue weighted by Gasteiger charge is -2.18. The molecule has 2 aromatic heterocycles. The number of nitrogens with one attached hydrogen (secondary N) is 1. The smallest absolute Gasteiger partial charge is 0.115 e. The molecule has 4 nitrogen and oxygen atoms in total. The van der Waals surface area contributed by atoms with E-state index < -0.39 is 0 Å². The van der Waals surface area contributed by atoms with E-state index in [2.05, 4.69) is 65.0 Å². The van der Waals surface area contributed by atoms with E-state index in [0.717, 1.165) is 22.8 Å². The van der Waals surface area contributed by atoms with Gasteiger partial charge >= 0.3 is 0 Å². The van der Waals surface area contributed by atoms with E-state index in [1.807, 2.05) is 0 Å². The molecule has 1 atom stereocenters. The molecule has 1 aliphatic rings. The molecule has 0 radical (unpaired) electrons. The van der Waals surface area contributed by atoms with Gasteiger partial charge in [-0.3, -0.25) is 4.99 Å². The topological polar surface area (TPSA) is 57.4 Å². The van der Waals surface area contributed by atoms with Crippen molar-refractivity contribution in [2.45, 2.75) is 15.9 Å². The molecule has 1 aromatic carbocycles. The molecule has 3 N–H and O–H groups in total. The largest absolute Gasteiger partial charge is 0.351 e. The molecule has 0 aliphatic carbocycles. The lowest BCUT2D eigenvalue weighted by molar-refractivity contribution is 0.678. The molecule has 0 saturated carbocycles. The van der Waals surface area contributed by atoms with Crippen LogP contribution >= 0.6 is 35.0 Å². The Kier molecular flexibility index (Phi) is 4.58. The van der Waals surface area contributed by atoms with Crippen LogP contribution in [-0.2, 0) is 0 Å². The minimum absolute atomic E-state index is 0.0152. The quantitative estimate of drug-likeness (QED) is 0.628. The van der Waals surface area contributed by atoms with E-state index in [4.69, 9.17) is 10.7 Å². The summed E-state index contributed by atoms with van der Waals surface area (Å²) in [7, 11) is 2.10. The number of thioether (sulfide) groups is 1. The first kappa shape index (κ1) is 17.0. The van der Waals surface area contributed by atoms with Gasteiger partial charge in [-0.25, -0.2) is 0 Å². The molecule has 130 valence electrons. The average Bonchev–Trinajstić information content (AvgIpc) is 3.33. The number of aliphatic imine (C=N–C) groups is 1. The zero-order valence-corrected chi connectivity index (χ0v) is 16.6. The van der Waals surface area contributed by atoms with Crippen molar-refractivity contribution in [3.8, 4) is 0 Å². The number of para-hydroxylation sites is 1. The zero-order chi connectivity index (χ0) is 17.4. The van der Waals surface area contributed by atoms with Crippen LogP contribution in [-0.4, -0.2) is 34.9 Å². The van der Waals surface area contributed by atoms with E-state index >= 15 is 0 Å². The van der Waals surface area contributed by atoms with Crippen LogP contribution in [0.5, 0.6) is 0 Å². The average molecular weight is 389 g/mol. The van der Waals surface area contributed by atoms with Crippen molar-refractivity contribution < 1.29 is 0 Å². The standard InChI is InChI=1S/C18H20N4S3/c1-18(10-19)11-20-17(24-18)13-9-12-5-3-6-14(16(12)21-13)22(2)25-15-7-4-8-23-15/h3-9,21H,10-11,19H2,1-2H3. The maximum absolute atomic E-state index is 5.90. The number of H-pyrrole nitrogens is 1. The van der Waals surface area contributed by atoms with Gasteiger partial charge in [0.05, 0.1) is 32.4 Å². The number of anilines is 1. The van der Waals surface area contributed by atoms with Crippen LogP contribution in [0.2, 0.25) is 0 Å². The summed E-state index contributed by atoms with van der Waals surface area (Å²) in [5, 5.41) is 4.37. The summed E-state index contributed by atoms with van der Waals surface area (Å²) in [5.41, 5.74) is 9.30. The number of nitrogens with two attached hydrogens (primary N) is 1. The molecule has 7 heteroatoms. The fraction of sp³-hybridized carbons (Fsp3) is 0.278. The number of hydrogen-bond acceptors (Lipinski definition) is 6. The molecule has 3 heterocycles. The predicted octanol–water partition coefficient (Wildman–Crippen LogP) is 4.58. The number of rotatable bonds is 5. The van der Waals surface area contributed by atoms with E-state index in [1.165, 1.54) is 15.3 Å². The lowest BCUT2D eigenvalue weighted by Crippen LogP contribution is -2.31. The summed E-state index contributed by atoms with van der Waals surface area (Å²) >= 11 is 5.27. The van der Waals surface area contributed by atoms with Gasteiger partial charge in [-0.2, -0.15) is 0 Å². The van der Waals surface area contributed by atoms with E-state index in [1.54, 1.807) is 35.0 Å². The van der Waals surface area contributed by atoms with Crippen molar-refractivity contribution >= 4 is 56.7 Å². The summed E-state index contributed by atoms with van der Waals surface area (Å²) in [4.78, 5) is 8.30. The Morgan fingerprint density at radius 3 is 2.96 bits per heavy atom. The van der Waals surface area contributed by atoms with Gasteiger partial charge in [-0.15, -0.1) is 11.3 Å². The summed E-state index contributed by atoms with van der Waals surface area (Å²) < 4.78 is 3.50. The number of benzene rings is 1. The normalized spacial score (nSPS) is 20.2. The number of nitrogens with zero attached hydrogens (tertiary/aromatic N) is 2. The molecular formula is C18H20N4S3. The third kappa shape index (κ3) is 3.33. The maximum Gasteiger partial charge on any atom is 0.115 e. The minimum atomic E-state index is 0.0152. The summed E-state index contributed by atoms with van der Waals surface area (Å²) in [6.07, 6.45) is 0. The minimum Gasteiger partial charge on any atom is -0.351 e. The highest BCUT2D eigenvalue weighted by molar-refractivity contribution is 8.15.